The van der Waals surface area contributed by atoms with Crippen molar-refractivity contribution in [2.45, 2.75) is 45.6 Å². The van der Waals surface area contributed by atoms with Gasteiger partial charge in [-0.15, -0.1) is 0 Å². The van der Waals surface area contributed by atoms with Gasteiger partial charge in [-0.2, -0.15) is 4.98 Å². The van der Waals surface area contributed by atoms with E-state index in [1.54, 1.807) is 0 Å². The fraction of sp³-hybridized carbons (Fsp3) is 0.692. The molecule has 0 amide bonds. The van der Waals surface area contributed by atoms with Crippen LogP contribution in [0.2, 0.25) is 0 Å². The summed E-state index contributed by atoms with van der Waals surface area (Å²) in [5.74, 6) is 7.70. The molecular weight excluding hydrogens is 226 g/mol. The lowest BCUT2D eigenvalue weighted by atomic mass is 9.87. The fourth-order valence-electron chi connectivity index (χ4n) is 2.61. The zero-order chi connectivity index (χ0) is 13.1. The molecule has 1 aromatic heterocycles. The SMILES string of the molecule is Cc1cc(N(C)C2CCC(C)CC2)nc(NN)n1. The molecule has 0 aromatic carbocycles. The van der Waals surface area contributed by atoms with Gasteiger partial charge in [0.2, 0.25) is 5.95 Å². The average molecular weight is 249 g/mol. The Morgan fingerprint density at radius 2 is 1.94 bits per heavy atom. The Balaban J connectivity index is 2.12. The lowest BCUT2D eigenvalue weighted by molar-refractivity contribution is 0.340. The number of aromatic nitrogens is 2. The quantitative estimate of drug-likeness (QED) is 0.634. The van der Waals surface area contributed by atoms with E-state index in [-0.39, 0.29) is 0 Å². The molecule has 1 aliphatic rings. The van der Waals surface area contributed by atoms with Gasteiger partial charge in [0.15, 0.2) is 0 Å². The molecule has 0 atom stereocenters. The van der Waals surface area contributed by atoms with Crippen LogP contribution in [-0.2, 0) is 0 Å². The van der Waals surface area contributed by atoms with E-state index in [2.05, 4.69) is 34.3 Å². The van der Waals surface area contributed by atoms with Crippen molar-refractivity contribution >= 4 is 11.8 Å². The Hall–Kier alpha value is -1.36. The van der Waals surface area contributed by atoms with Gasteiger partial charge in [0.25, 0.3) is 0 Å². The van der Waals surface area contributed by atoms with Crippen LogP contribution in [0.3, 0.4) is 0 Å². The van der Waals surface area contributed by atoms with Crippen molar-refractivity contribution in [3.05, 3.63) is 11.8 Å². The summed E-state index contributed by atoms with van der Waals surface area (Å²) in [7, 11) is 2.11. The van der Waals surface area contributed by atoms with E-state index in [1.165, 1.54) is 25.7 Å². The van der Waals surface area contributed by atoms with Crippen LogP contribution in [0, 0.1) is 12.8 Å². The van der Waals surface area contributed by atoms with Crippen molar-refractivity contribution in [2.75, 3.05) is 17.4 Å². The first kappa shape index (κ1) is 13.1. The zero-order valence-corrected chi connectivity index (χ0v) is 11.5. The third kappa shape index (κ3) is 2.90. The van der Waals surface area contributed by atoms with E-state index in [0.29, 0.717) is 12.0 Å². The third-order valence-corrected chi connectivity index (χ3v) is 3.86. The summed E-state index contributed by atoms with van der Waals surface area (Å²) in [6, 6.07) is 2.60. The second-order valence-corrected chi connectivity index (χ2v) is 5.36. The monoisotopic (exact) mass is 249 g/mol. The summed E-state index contributed by atoms with van der Waals surface area (Å²) in [6.45, 7) is 4.30. The average Bonchev–Trinajstić information content (AvgIpc) is 2.38. The van der Waals surface area contributed by atoms with Crippen molar-refractivity contribution in [3.8, 4) is 0 Å². The standard InChI is InChI=1S/C13H23N5/c1-9-4-6-11(7-5-9)18(3)12-8-10(2)15-13(16-12)17-14/h8-9,11H,4-7,14H2,1-3H3,(H,15,16,17). The molecule has 2 rings (SSSR count). The Morgan fingerprint density at radius 3 is 2.56 bits per heavy atom. The molecule has 3 N–H and O–H groups in total. The molecule has 0 aliphatic heterocycles. The smallest absolute Gasteiger partial charge is 0.239 e. The highest BCUT2D eigenvalue weighted by molar-refractivity contribution is 5.44. The lowest BCUT2D eigenvalue weighted by Gasteiger charge is -2.34. The van der Waals surface area contributed by atoms with Crippen LogP contribution in [0.1, 0.15) is 38.3 Å². The molecule has 1 saturated carbocycles. The first-order valence-electron chi connectivity index (χ1n) is 6.65. The molecule has 0 bridgehead atoms. The fourth-order valence-corrected chi connectivity index (χ4v) is 2.61. The van der Waals surface area contributed by atoms with Gasteiger partial charge in [-0.05, 0) is 38.5 Å². The van der Waals surface area contributed by atoms with Crippen molar-refractivity contribution in [2.24, 2.45) is 11.8 Å². The number of nitrogens with zero attached hydrogens (tertiary/aromatic N) is 3. The predicted molar refractivity (Wildman–Crippen MR) is 74.4 cm³/mol. The molecule has 5 nitrogen and oxygen atoms in total. The van der Waals surface area contributed by atoms with E-state index >= 15 is 0 Å². The first-order valence-corrected chi connectivity index (χ1v) is 6.65. The largest absolute Gasteiger partial charge is 0.357 e. The number of hydrogen-bond acceptors (Lipinski definition) is 5. The molecule has 0 radical (unpaired) electrons. The Labute approximate surface area is 109 Å². The van der Waals surface area contributed by atoms with Gasteiger partial charge in [-0.1, -0.05) is 6.92 Å². The number of aryl methyl sites for hydroxylation is 1. The van der Waals surface area contributed by atoms with E-state index < -0.39 is 0 Å². The predicted octanol–water partition coefficient (Wildman–Crippen LogP) is 2.09. The van der Waals surface area contributed by atoms with Crippen molar-refractivity contribution < 1.29 is 0 Å². The molecule has 5 heteroatoms. The molecule has 1 heterocycles. The summed E-state index contributed by atoms with van der Waals surface area (Å²) >= 11 is 0. The Bertz CT molecular complexity index is 398. The van der Waals surface area contributed by atoms with E-state index in [1.807, 2.05) is 13.0 Å². The third-order valence-electron chi connectivity index (χ3n) is 3.86. The Kier molecular flexibility index (Phi) is 4.01. The molecule has 18 heavy (non-hydrogen) atoms. The van der Waals surface area contributed by atoms with Gasteiger partial charge < -0.3 is 4.90 Å². The second-order valence-electron chi connectivity index (χ2n) is 5.36. The zero-order valence-electron chi connectivity index (χ0n) is 11.5. The van der Waals surface area contributed by atoms with Crippen LogP contribution in [0.4, 0.5) is 11.8 Å². The lowest BCUT2D eigenvalue weighted by Crippen LogP contribution is -2.35. The molecule has 0 spiro atoms. The number of hydrogen-bond donors (Lipinski definition) is 2. The van der Waals surface area contributed by atoms with Crippen LogP contribution in [0.25, 0.3) is 0 Å². The summed E-state index contributed by atoms with van der Waals surface area (Å²) in [6.07, 6.45) is 5.10. The molecule has 0 unspecified atom stereocenters. The number of rotatable bonds is 3. The highest BCUT2D eigenvalue weighted by Gasteiger charge is 2.22. The number of anilines is 2. The highest BCUT2D eigenvalue weighted by Crippen LogP contribution is 2.28. The van der Waals surface area contributed by atoms with Gasteiger partial charge in [0.1, 0.15) is 5.82 Å². The van der Waals surface area contributed by atoms with E-state index in [0.717, 1.165) is 17.4 Å². The maximum atomic E-state index is 5.39. The van der Waals surface area contributed by atoms with Crippen LogP contribution >= 0.6 is 0 Å². The van der Waals surface area contributed by atoms with E-state index in [4.69, 9.17) is 5.84 Å². The minimum atomic E-state index is 0.487. The van der Waals surface area contributed by atoms with Crippen LogP contribution in [0.15, 0.2) is 6.07 Å². The summed E-state index contributed by atoms with van der Waals surface area (Å²) < 4.78 is 0. The summed E-state index contributed by atoms with van der Waals surface area (Å²) in [5, 5.41) is 0. The molecule has 1 aromatic rings. The minimum Gasteiger partial charge on any atom is -0.357 e. The minimum absolute atomic E-state index is 0.487. The van der Waals surface area contributed by atoms with Crippen LogP contribution in [-0.4, -0.2) is 23.1 Å². The van der Waals surface area contributed by atoms with Crippen molar-refractivity contribution in [3.63, 3.8) is 0 Å². The molecule has 1 aliphatic carbocycles. The van der Waals surface area contributed by atoms with Gasteiger partial charge in [-0.3, -0.25) is 5.43 Å². The van der Waals surface area contributed by atoms with Gasteiger partial charge in [-0.25, -0.2) is 10.8 Å². The molecular formula is C13H23N5. The maximum absolute atomic E-state index is 5.39. The van der Waals surface area contributed by atoms with Gasteiger partial charge in [0, 0.05) is 24.8 Å². The maximum Gasteiger partial charge on any atom is 0.239 e. The van der Waals surface area contributed by atoms with E-state index in [9.17, 15) is 0 Å². The number of nitrogens with two attached hydrogens (primary N) is 1. The van der Waals surface area contributed by atoms with Crippen LogP contribution in [0.5, 0.6) is 0 Å². The van der Waals surface area contributed by atoms with Crippen LogP contribution < -0.4 is 16.2 Å². The summed E-state index contributed by atoms with van der Waals surface area (Å²) in [4.78, 5) is 10.9. The molecule has 1 fully saturated rings. The van der Waals surface area contributed by atoms with Crippen molar-refractivity contribution in [1.82, 2.24) is 9.97 Å². The number of nitrogen functional groups attached to an aromatic ring is 1. The molecule has 100 valence electrons. The normalized spacial score (nSPS) is 23.8. The molecule has 0 saturated heterocycles. The van der Waals surface area contributed by atoms with Crippen molar-refractivity contribution in [1.29, 1.82) is 0 Å². The first-order chi connectivity index (χ1) is 8.60. The number of nitrogens with one attached hydrogen (secondary N) is 1. The number of hydrazine groups is 1. The summed E-state index contributed by atoms with van der Waals surface area (Å²) in [5.41, 5.74) is 3.46. The second kappa shape index (κ2) is 5.52. The Morgan fingerprint density at radius 1 is 1.28 bits per heavy atom. The topological polar surface area (TPSA) is 67.1 Å². The van der Waals surface area contributed by atoms with Gasteiger partial charge >= 0.3 is 0 Å². The van der Waals surface area contributed by atoms with Gasteiger partial charge in [0.05, 0.1) is 0 Å². The highest BCUT2D eigenvalue weighted by atomic mass is 15.3.